The van der Waals surface area contributed by atoms with E-state index in [4.69, 9.17) is 22.9 Å². The highest BCUT2D eigenvalue weighted by atomic mass is 35.5. The van der Waals surface area contributed by atoms with Gasteiger partial charge in [-0.2, -0.15) is 0 Å². The van der Waals surface area contributed by atoms with Gasteiger partial charge in [0.15, 0.2) is 17.3 Å². The Hall–Kier alpha value is -5.06. The third-order valence-electron chi connectivity index (χ3n) is 12.0. The zero-order chi connectivity index (χ0) is 39.9. The van der Waals surface area contributed by atoms with Crippen molar-refractivity contribution in [1.82, 2.24) is 25.3 Å². The number of hydrogen-bond acceptors (Lipinski definition) is 10. The number of carbonyl (C=O) groups excluding carboxylic acids is 4. The Morgan fingerprint density at radius 3 is 2.37 bits per heavy atom. The number of amides is 2. The molecule has 1 unspecified atom stereocenters. The van der Waals surface area contributed by atoms with Gasteiger partial charge in [-0.15, -0.1) is 10.2 Å². The van der Waals surface area contributed by atoms with Crippen molar-refractivity contribution in [2.45, 2.75) is 82.4 Å². The number of anilines is 2. The Kier molecular flexibility index (Phi) is 13.0. The van der Waals surface area contributed by atoms with E-state index < -0.39 is 6.04 Å². The summed E-state index contributed by atoms with van der Waals surface area (Å²) in [5.41, 5.74) is 2.77. The van der Waals surface area contributed by atoms with Gasteiger partial charge in [0, 0.05) is 71.0 Å². The largest absolute Gasteiger partial charge is 0.490 e. The molecular formula is C43H51ClN8O5. The fourth-order valence-corrected chi connectivity index (χ4v) is 8.76. The van der Waals surface area contributed by atoms with Crippen LogP contribution < -0.4 is 19.9 Å². The highest BCUT2D eigenvalue weighted by molar-refractivity contribution is 6.33. The maximum Gasteiger partial charge on any atom is 0.272 e. The molecule has 0 spiro atoms. The predicted molar refractivity (Wildman–Crippen MR) is 218 cm³/mol. The van der Waals surface area contributed by atoms with Crippen LogP contribution in [0.5, 0.6) is 5.75 Å². The first-order valence-electron chi connectivity index (χ1n) is 20.2. The molecule has 300 valence electrons. The van der Waals surface area contributed by atoms with Gasteiger partial charge in [-0.3, -0.25) is 24.1 Å². The fraction of sp³-hybridized carbons (Fsp3) is 0.512. The van der Waals surface area contributed by atoms with E-state index in [0.29, 0.717) is 40.9 Å². The number of piperazine rings is 1. The number of aromatic nitrogens is 2. The third kappa shape index (κ3) is 10.3. The molecule has 3 heterocycles. The number of likely N-dealkylation sites (N-methyl/N-ethyl adjacent to an activating group) is 1. The van der Waals surface area contributed by atoms with Crippen molar-refractivity contribution >= 4 is 52.2 Å². The number of rotatable bonds is 11. The summed E-state index contributed by atoms with van der Waals surface area (Å²) in [7, 11) is 1.67. The summed E-state index contributed by atoms with van der Waals surface area (Å²) in [5.74, 6) is 1.55. The Morgan fingerprint density at radius 2 is 1.68 bits per heavy atom. The lowest BCUT2D eigenvalue weighted by atomic mass is 9.92. The maximum atomic E-state index is 13.1. The number of carbonyl (C=O) groups is 4. The molecule has 2 aliphatic heterocycles. The van der Waals surface area contributed by atoms with Crippen molar-refractivity contribution in [3.8, 4) is 5.75 Å². The van der Waals surface area contributed by atoms with Gasteiger partial charge in [0.25, 0.3) is 5.91 Å². The normalized spacial score (nSPS) is 22.2. The van der Waals surface area contributed by atoms with Crippen LogP contribution >= 0.6 is 11.6 Å². The summed E-state index contributed by atoms with van der Waals surface area (Å²) in [5, 5.41) is 12.2. The maximum absolute atomic E-state index is 13.1. The average Bonchev–Trinajstić information content (AvgIpc) is 3.22. The first-order valence-corrected chi connectivity index (χ1v) is 20.6. The van der Waals surface area contributed by atoms with Crippen LogP contribution in [0.25, 0.3) is 4.85 Å². The Balaban J connectivity index is 0.798. The minimum absolute atomic E-state index is 0.0348. The van der Waals surface area contributed by atoms with Crippen LogP contribution in [0.1, 0.15) is 73.8 Å². The van der Waals surface area contributed by atoms with Gasteiger partial charge in [0.1, 0.15) is 11.5 Å². The quantitative estimate of drug-likeness (QED) is 0.195. The van der Waals surface area contributed by atoms with Crippen LogP contribution in [0.4, 0.5) is 17.2 Å². The van der Waals surface area contributed by atoms with E-state index in [0.717, 1.165) is 101 Å². The SMILES string of the molecule is [C-]#[N+]c1ccc(OC2CCC(NC(=O)c3ccc(N4CCC(CN5CCN(c6cccc(CC(=O)N(C)C7CCC(=O)CC7=O)c6)CC5)CC4)nn3)CC2)cc1Cl. The van der Waals surface area contributed by atoms with Crippen molar-refractivity contribution in [2.75, 3.05) is 62.7 Å². The monoisotopic (exact) mass is 794 g/mol. The van der Waals surface area contributed by atoms with E-state index in [9.17, 15) is 19.2 Å². The summed E-state index contributed by atoms with van der Waals surface area (Å²) < 4.78 is 6.09. The number of hydrogen-bond donors (Lipinski definition) is 1. The number of nitrogens with one attached hydrogen (secondary N) is 1. The lowest BCUT2D eigenvalue weighted by molar-refractivity contribution is -0.141. The van der Waals surface area contributed by atoms with Crippen molar-refractivity contribution < 1.29 is 23.9 Å². The van der Waals surface area contributed by atoms with E-state index in [-0.39, 0.29) is 48.4 Å². The standard InChI is InChI=1S/C43H51ClN8O5/c1-45-37-12-11-35(27-36(37)44)57-34-9-6-31(7-10-34)46-43(56)38-13-15-41(48-47-38)52-18-16-29(17-19-52)28-50-20-22-51(23-21-50)32-5-3-4-30(24-32)25-42(55)49(2)39-14-8-33(53)26-40(39)54/h3-5,11-13,15,24,27,29,31,34,39H,6-10,14,16-23,25-26,28H2,2H3,(H,46,56). The van der Waals surface area contributed by atoms with Crippen molar-refractivity contribution in [2.24, 2.45) is 5.92 Å². The molecule has 1 atom stereocenters. The van der Waals surface area contributed by atoms with Gasteiger partial charge >= 0.3 is 0 Å². The van der Waals surface area contributed by atoms with Gasteiger partial charge in [0.05, 0.1) is 36.6 Å². The van der Waals surface area contributed by atoms with Crippen LogP contribution in [0.3, 0.4) is 0 Å². The fourth-order valence-electron chi connectivity index (χ4n) is 8.55. The van der Waals surface area contributed by atoms with E-state index >= 15 is 0 Å². The summed E-state index contributed by atoms with van der Waals surface area (Å²) in [6, 6.07) is 16.5. The van der Waals surface area contributed by atoms with E-state index in [1.807, 2.05) is 18.2 Å². The van der Waals surface area contributed by atoms with Gasteiger partial charge in [0.2, 0.25) is 11.6 Å². The minimum Gasteiger partial charge on any atom is -0.490 e. The Bertz CT molecular complexity index is 1960. The topological polar surface area (TPSA) is 133 Å². The van der Waals surface area contributed by atoms with Gasteiger partial charge in [-0.05, 0) is 92.8 Å². The van der Waals surface area contributed by atoms with Crippen LogP contribution in [-0.2, 0) is 20.8 Å². The first kappa shape index (κ1) is 40.1. The molecule has 2 aromatic carbocycles. The number of benzene rings is 2. The minimum atomic E-state index is -0.506. The molecule has 2 aliphatic carbocycles. The number of ketones is 2. The van der Waals surface area contributed by atoms with Crippen molar-refractivity contribution in [1.29, 1.82) is 0 Å². The van der Waals surface area contributed by atoms with E-state index in [1.54, 1.807) is 31.3 Å². The number of Topliss-reactive ketones (excluding diaryl/α,β-unsaturated/α-hetero) is 2. The molecule has 2 amide bonds. The molecule has 57 heavy (non-hydrogen) atoms. The van der Waals surface area contributed by atoms with E-state index in [2.05, 4.69) is 47.2 Å². The number of halogens is 1. The molecule has 2 saturated heterocycles. The molecule has 2 saturated carbocycles. The lowest BCUT2D eigenvalue weighted by Gasteiger charge is -2.40. The van der Waals surface area contributed by atoms with Crippen LogP contribution in [0, 0.1) is 12.5 Å². The zero-order valence-corrected chi connectivity index (χ0v) is 33.3. The van der Waals surface area contributed by atoms with Crippen LogP contribution in [0.2, 0.25) is 5.02 Å². The second-order valence-corrected chi connectivity index (χ2v) is 16.3. The summed E-state index contributed by atoms with van der Waals surface area (Å²) in [4.78, 5) is 62.2. The van der Waals surface area contributed by atoms with Crippen molar-refractivity contribution in [3.05, 3.63) is 82.3 Å². The molecule has 14 heteroatoms. The lowest BCUT2D eigenvalue weighted by Crippen LogP contribution is -2.49. The molecule has 4 aliphatic rings. The van der Waals surface area contributed by atoms with Crippen LogP contribution in [0.15, 0.2) is 54.6 Å². The summed E-state index contributed by atoms with van der Waals surface area (Å²) >= 11 is 6.16. The highest BCUT2D eigenvalue weighted by Crippen LogP contribution is 2.32. The molecular weight excluding hydrogens is 744 g/mol. The predicted octanol–water partition coefficient (Wildman–Crippen LogP) is 5.53. The molecule has 1 aromatic heterocycles. The Morgan fingerprint density at radius 1 is 0.912 bits per heavy atom. The number of nitrogens with zero attached hydrogens (tertiary/aromatic N) is 7. The zero-order valence-electron chi connectivity index (χ0n) is 32.6. The number of ether oxygens (including phenoxy) is 1. The highest BCUT2D eigenvalue weighted by Gasteiger charge is 2.32. The molecule has 0 bridgehead atoms. The summed E-state index contributed by atoms with van der Waals surface area (Å²) in [6.07, 6.45) is 6.31. The second-order valence-electron chi connectivity index (χ2n) is 15.9. The smallest absolute Gasteiger partial charge is 0.272 e. The Labute approximate surface area is 339 Å². The molecule has 13 nitrogen and oxygen atoms in total. The molecule has 0 radical (unpaired) electrons. The second kappa shape index (κ2) is 18.5. The molecule has 3 aromatic rings. The average molecular weight is 795 g/mol. The van der Waals surface area contributed by atoms with Crippen molar-refractivity contribution in [3.63, 3.8) is 0 Å². The van der Waals surface area contributed by atoms with Gasteiger partial charge < -0.3 is 24.8 Å². The molecule has 7 rings (SSSR count). The van der Waals surface area contributed by atoms with Gasteiger partial charge in [-0.1, -0.05) is 29.8 Å². The van der Waals surface area contributed by atoms with Crippen LogP contribution in [-0.4, -0.2) is 114 Å². The van der Waals surface area contributed by atoms with E-state index in [1.165, 1.54) is 4.90 Å². The third-order valence-corrected chi connectivity index (χ3v) is 12.3. The molecule has 1 N–H and O–H groups in total. The van der Waals surface area contributed by atoms with Gasteiger partial charge in [-0.25, -0.2) is 4.85 Å². The summed E-state index contributed by atoms with van der Waals surface area (Å²) in [6.45, 7) is 13.8. The molecule has 4 fully saturated rings. The number of piperidine rings is 1. The first-order chi connectivity index (χ1) is 27.6.